The number of carbonyl (C=O) groups excluding carboxylic acids is 2. The van der Waals surface area contributed by atoms with Crippen LogP contribution in [0, 0.1) is 0 Å². The fourth-order valence-electron chi connectivity index (χ4n) is 2.38. The normalized spacial score (nSPS) is 12.1. The minimum Gasteiger partial charge on any atom is -0.747 e. The Hall–Kier alpha value is -0.150. The largest absolute Gasteiger partial charge is 1.00 e. The van der Waals surface area contributed by atoms with E-state index >= 15 is 0 Å². The van der Waals surface area contributed by atoms with Gasteiger partial charge in [-0.2, -0.15) is 0 Å². The molecule has 0 saturated heterocycles. The summed E-state index contributed by atoms with van der Waals surface area (Å²) in [6.45, 7) is 4.36. The number of hydrogen-bond acceptors (Lipinski definition) is 7. The number of unbranched alkanes of at least 4 members (excludes halogenated alkanes) is 8. The van der Waals surface area contributed by atoms with Gasteiger partial charge in [0.05, 0.1) is 19.6 Å². The third-order valence-corrected chi connectivity index (χ3v) is 5.02. The van der Waals surface area contributed by atoms with E-state index in [1.807, 2.05) is 0 Å². The van der Waals surface area contributed by atoms with Crippen molar-refractivity contribution in [2.45, 2.75) is 89.7 Å². The molecule has 1 unspecified atom stereocenters. The van der Waals surface area contributed by atoms with E-state index in [0.717, 1.165) is 51.4 Å². The Morgan fingerprint density at radius 3 is 1.70 bits per heavy atom. The minimum atomic E-state index is -4.98. The molecule has 0 N–H and O–H groups in total. The number of carbonyl (C=O) groups is 2. The zero-order chi connectivity index (χ0) is 19.8. The van der Waals surface area contributed by atoms with Crippen molar-refractivity contribution < 1.29 is 61.6 Å². The van der Waals surface area contributed by atoms with Crippen LogP contribution < -0.4 is 29.6 Å². The zero-order valence-corrected chi connectivity index (χ0v) is 19.9. The van der Waals surface area contributed by atoms with Gasteiger partial charge in [0, 0.05) is 0 Å². The maximum atomic E-state index is 11.9. The predicted molar refractivity (Wildman–Crippen MR) is 97.5 cm³/mol. The smallest absolute Gasteiger partial charge is 0.747 e. The molecule has 0 radical (unpaired) electrons. The van der Waals surface area contributed by atoms with Gasteiger partial charge in [0.15, 0.2) is 5.25 Å². The van der Waals surface area contributed by atoms with E-state index in [1.165, 1.54) is 0 Å². The SMILES string of the molecule is CCCCCCCOC(=O)CC(C(=O)OCCCCCCC)S(=O)(=O)[O-].[Na+]. The van der Waals surface area contributed by atoms with E-state index in [1.54, 1.807) is 0 Å². The molecule has 0 bridgehead atoms. The summed E-state index contributed by atoms with van der Waals surface area (Å²) < 4.78 is 43.6. The van der Waals surface area contributed by atoms with Gasteiger partial charge >= 0.3 is 41.5 Å². The molecular weight excluding hydrogens is 383 g/mol. The fraction of sp³-hybridized carbons (Fsp3) is 0.889. The van der Waals surface area contributed by atoms with E-state index in [0.29, 0.717) is 12.8 Å². The Labute approximate surface area is 186 Å². The second kappa shape index (κ2) is 17.9. The van der Waals surface area contributed by atoms with Gasteiger partial charge in [-0.1, -0.05) is 65.2 Å². The average Bonchev–Trinajstić information content (AvgIpc) is 2.57. The van der Waals surface area contributed by atoms with Crippen LogP contribution in [0.25, 0.3) is 0 Å². The zero-order valence-electron chi connectivity index (χ0n) is 17.0. The summed E-state index contributed by atoms with van der Waals surface area (Å²) in [6.07, 6.45) is 8.64. The van der Waals surface area contributed by atoms with Crippen LogP contribution in [0.3, 0.4) is 0 Å². The molecule has 0 saturated carbocycles. The molecule has 1 atom stereocenters. The van der Waals surface area contributed by atoms with Crippen molar-refractivity contribution in [2.75, 3.05) is 13.2 Å². The number of ether oxygens (including phenoxy) is 2. The van der Waals surface area contributed by atoms with Gasteiger partial charge in [0.1, 0.15) is 10.1 Å². The maximum absolute atomic E-state index is 11.9. The molecule has 0 aliphatic heterocycles. The van der Waals surface area contributed by atoms with Crippen molar-refractivity contribution in [3.63, 3.8) is 0 Å². The Morgan fingerprint density at radius 1 is 0.815 bits per heavy atom. The molecule has 0 aliphatic carbocycles. The van der Waals surface area contributed by atoms with Crippen LogP contribution in [0.1, 0.15) is 84.5 Å². The molecule has 0 spiro atoms. The Morgan fingerprint density at radius 2 is 1.26 bits per heavy atom. The molecule has 27 heavy (non-hydrogen) atoms. The summed E-state index contributed by atoms with van der Waals surface area (Å²) in [5.41, 5.74) is 0. The number of rotatable bonds is 16. The molecule has 0 fully saturated rings. The van der Waals surface area contributed by atoms with Crippen LogP contribution in [-0.4, -0.2) is 43.4 Å². The van der Waals surface area contributed by atoms with Crippen LogP contribution >= 0.6 is 0 Å². The fourth-order valence-corrected chi connectivity index (χ4v) is 3.02. The van der Waals surface area contributed by atoms with Crippen LogP contribution in [0.2, 0.25) is 0 Å². The van der Waals surface area contributed by atoms with Crippen molar-refractivity contribution in [3.05, 3.63) is 0 Å². The first-order valence-electron chi connectivity index (χ1n) is 9.59. The predicted octanol–water partition coefficient (Wildman–Crippen LogP) is 0.322. The molecule has 0 amide bonds. The molecule has 0 rings (SSSR count). The molecule has 0 heterocycles. The Balaban J connectivity index is 0. The van der Waals surface area contributed by atoms with Crippen LogP contribution in [0.4, 0.5) is 0 Å². The standard InChI is InChI=1S/C18H34O7S.Na/c1-3-5-7-9-11-13-24-17(19)15-16(26(21,22)23)18(20)25-14-12-10-8-6-4-2;/h16H,3-15H2,1-2H3,(H,21,22,23);/q;+1/p-1. The summed E-state index contributed by atoms with van der Waals surface area (Å²) in [4.78, 5) is 23.6. The van der Waals surface area contributed by atoms with E-state index < -0.39 is 33.7 Å². The molecular formula is C18H33NaO7S. The first kappa shape index (κ1) is 29.1. The van der Waals surface area contributed by atoms with Gasteiger partial charge in [-0.25, -0.2) is 8.42 Å². The van der Waals surface area contributed by atoms with Crippen LogP contribution in [-0.2, 0) is 29.2 Å². The Bertz CT molecular complexity index is 494. The van der Waals surface area contributed by atoms with Crippen molar-refractivity contribution in [1.82, 2.24) is 0 Å². The van der Waals surface area contributed by atoms with E-state index in [2.05, 4.69) is 13.8 Å². The maximum Gasteiger partial charge on any atom is 1.00 e. The van der Waals surface area contributed by atoms with Gasteiger partial charge < -0.3 is 14.0 Å². The second-order valence-electron chi connectivity index (χ2n) is 6.40. The monoisotopic (exact) mass is 416 g/mol. The summed E-state index contributed by atoms with van der Waals surface area (Å²) >= 11 is 0. The number of hydrogen-bond donors (Lipinski definition) is 0. The van der Waals surface area contributed by atoms with Gasteiger partial charge in [-0.3, -0.25) is 9.59 Å². The van der Waals surface area contributed by atoms with Gasteiger partial charge in [0.25, 0.3) is 0 Å². The molecule has 0 aliphatic rings. The van der Waals surface area contributed by atoms with E-state index in [9.17, 15) is 22.6 Å². The molecule has 7 nitrogen and oxygen atoms in total. The topological polar surface area (TPSA) is 110 Å². The quantitative estimate of drug-likeness (QED) is 0.154. The van der Waals surface area contributed by atoms with Gasteiger partial charge in [0.2, 0.25) is 0 Å². The minimum absolute atomic E-state index is 0. The summed E-state index contributed by atoms with van der Waals surface area (Å²) in [6, 6.07) is 0. The van der Waals surface area contributed by atoms with Crippen molar-refractivity contribution >= 4 is 22.1 Å². The van der Waals surface area contributed by atoms with E-state index in [-0.39, 0.29) is 42.8 Å². The first-order chi connectivity index (χ1) is 12.3. The first-order valence-corrected chi connectivity index (χ1v) is 11.1. The molecule has 0 aromatic carbocycles. The van der Waals surface area contributed by atoms with Crippen molar-refractivity contribution in [1.29, 1.82) is 0 Å². The molecule has 0 aromatic heterocycles. The van der Waals surface area contributed by atoms with Crippen LogP contribution in [0.15, 0.2) is 0 Å². The molecule has 9 heteroatoms. The summed E-state index contributed by atoms with van der Waals surface area (Å²) in [5, 5.41) is -2.04. The Kier molecular flexibility index (Phi) is 19.3. The van der Waals surface area contributed by atoms with Gasteiger partial charge in [-0.15, -0.1) is 0 Å². The van der Waals surface area contributed by atoms with Crippen molar-refractivity contribution in [3.8, 4) is 0 Å². The van der Waals surface area contributed by atoms with Crippen LogP contribution in [0.5, 0.6) is 0 Å². The second-order valence-corrected chi connectivity index (χ2v) is 7.96. The summed E-state index contributed by atoms with van der Waals surface area (Å²) in [7, 11) is -4.98. The third kappa shape index (κ3) is 16.5. The molecule has 154 valence electrons. The molecule has 0 aromatic rings. The third-order valence-electron chi connectivity index (χ3n) is 3.97. The average molecular weight is 417 g/mol. The number of esters is 2. The van der Waals surface area contributed by atoms with Crippen molar-refractivity contribution in [2.24, 2.45) is 0 Å². The summed E-state index contributed by atoms with van der Waals surface area (Å²) in [5.74, 6) is -2.04. The van der Waals surface area contributed by atoms with E-state index in [4.69, 9.17) is 9.47 Å². The van der Waals surface area contributed by atoms with Gasteiger partial charge in [-0.05, 0) is 12.8 Å².